The number of carbonyl (C=O) groups excluding carboxylic acids is 2. The van der Waals surface area contributed by atoms with Gasteiger partial charge < -0.3 is 15.3 Å². The van der Waals surface area contributed by atoms with Gasteiger partial charge in [-0.1, -0.05) is 18.2 Å². The van der Waals surface area contributed by atoms with Crippen molar-refractivity contribution in [3.8, 4) is 0 Å². The first-order valence-electron chi connectivity index (χ1n) is 6.76. The lowest BCUT2D eigenvalue weighted by molar-refractivity contribution is -0.145. The Bertz CT molecular complexity index is 500. The second kappa shape index (κ2) is 8.04. The molecular formula is C15H20N2O4. The van der Waals surface area contributed by atoms with Crippen LogP contribution in [0.4, 0.5) is 0 Å². The molecule has 1 aromatic rings. The smallest absolute Gasteiger partial charge is 0.323 e. The minimum Gasteiger partial charge on any atom is -0.480 e. The number of hydrogen-bond acceptors (Lipinski definition) is 3. The second-order valence-corrected chi connectivity index (χ2v) is 4.88. The third kappa shape index (κ3) is 5.64. The van der Waals surface area contributed by atoms with Crippen LogP contribution in [0.2, 0.25) is 0 Å². The molecule has 0 spiro atoms. The van der Waals surface area contributed by atoms with Gasteiger partial charge in [0.25, 0.3) is 5.91 Å². The molecule has 0 fully saturated rings. The molecule has 6 heteroatoms. The second-order valence-electron chi connectivity index (χ2n) is 4.88. The number of nitrogens with zero attached hydrogens (tertiary/aromatic N) is 1. The van der Waals surface area contributed by atoms with E-state index < -0.39 is 5.97 Å². The molecule has 0 saturated heterocycles. The minimum atomic E-state index is -1.05. The summed E-state index contributed by atoms with van der Waals surface area (Å²) in [6.45, 7) is 3.35. The van der Waals surface area contributed by atoms with Crippen molar-refractivity contribution in [3.05, 3.63) is 35.9 Å². The van der Waals surface area contributed by atoms with Crippen LogP contribution < -0.4 is 5.32 Å². The van der Waals surface area contributed by atoms with Crippen LogP contribution in [-0.4, -0.2) is 46.9 Å². The molecule has 0 bridgehead atoms. The van der Waals surface area contributed by atoms with Gasteiger partial charge in [0.15, 0.2) is 0 Å². The van der Waals surface area contributed by atoms with Crippen LogP contribution in [0.5, 0.6) is 0 Å². The first-order chi connectivity index (χ1) is 9.91. The number of carboxylic acid groups (broad SMARTS) is 1. The molecule has 0 saturated carbocycles. The summed E-state index contributed by atoms with van der Waals surface area (Å²) in [4.78, 5) is 35.7. The zero-order valence-electron chi connectivity index (χ0n) is 12.2. The number of rotatable bonds is 7. The summed E-state index contributed by atoms with van der Waals surface area (Å²) in [5, 5.41) is 11.4. The van der Waals surface area contributed by atoms with E-state index in [1.54, 1.807) is 38.1 Å². The maximum absolute atomic E-state index is 11.9. The summed E-state index contributed by atoms with van der Waals surface area (Å²) in [7, 11) is 0. The summed E-state index contributed by atoms with van der Waals surface area (Å²) >= 11 is 0. The molecule has 1 aromatic carbocycles. The fourth-order valence-electron chi connectivity index (χ4n) is 1.82. The van der Waals surface area contributed by atoms with Crippen molar-refractivity contribution in [3.63, 3.8) is 0 Å². The van der Waals surface area contributed by atoms with Crippen LogP contribution in [0.1, 0.15) is 30.6 Å². The van der Waals surface area contributed by atoms with Gasteiger partial charge in [0.05, 0.1) is 0 Å². The van der Waals surface area contributed by atoms with E-state index in [2.05, 4.69) is 5.32 Å². The Labute approximate surface area is 123 Å². The molecule has 0 radical (unpaired) electrons. The van der Waals surface area contributed by atoms with E-state index in [0.717, 1.165) is 0 Å². The SMILES string of the molecule is CC(C)N(CC(=O)O)C(=O)CCNC(=O)c1ccccc1. The fraction of sp³-hybridized carbons (Fsp3) is 0.400. The Morgan fingerprint density at radius 2 is 1.81 bits per heavy atom. The van der Waals surface area contributed by atoms with Crippen molar-refractivity contribution in [1.29, 1.82) is 0 Å². The predicted molar refractivity (Wildman–Crippen MR) is 77.9 cm³/mol. The maximum Gasteiger partial charge on any atom is 0.323 e. The van der Waals surface area contributed by atoms with Gasteiger partial charge in [0.1, 0.15) is 6.54 Å². The van der Waals surface area contributed by atoms with Gasteiger partial charge in [0, 0.05) is 24.6 Å². The van der Waals surface area contributed by atoms with Crippen LogP contribution in [0.15, 0.2) is 30.3 Å². The Kier molecular flexibility index (Phi) is 6.39. The molecule has 21 heavy (non-hydrogen) atoms. The van der Waals surface area contributed by atoms with Crippen molar-refractivity contribution in [1.82, 2.24) is 10.2 Å². The average Bonchev–Trinajstić information content (AvgIpc) is 2.45. The zero-order valence-corrected chi connectivity index (χ0v) is 12.2. The monoisotopic (exact) mass is 292 g/mol. The van der Waals surface area contributed by atoms with Gasteiger partial charge >= 0.3 is 5.97 Å². The van der Waals surface area contributed by atoms with Gasteiger partial charge in [0.2, 0.25) is 5.91 Å². The number of nitrogens with one attached hydrogen (secondary N) is 1. The summed E-state index contributed by atoms with van der Waals surface area (Å²) in [6.07, 6.45) is 0.0734. The standard InChI is InChI=1S/C15H20N2O4/c1-11(2)17(10-14(19)20)13(18)8-9-16-15(21)12-6-4-3-5-7-12/h3-7,11H,8-10H2,1-2H3,(H,16,21)(H,19,20). The molecular weight excluding hydrogens is 272 g/mol. The number of benzene rings is 1. The van der Waals surface area contributed by atoms with Crippen LogP contribution >= 0.6 is 0 Å². The molecule has 1 rings (SSSR count). The Hall–Kier alpha value is -2.37. The lowest BCUT2D eigenvalue weighted by atomic mass is 10.2. The lowest BCUT2D eigenvalue weighted by Crippen LogP contribution is -2.42. The van der Waals surface area contributed by atoms with E-state index >= 15 is 0 Å². The summed E-state index contributed by atoms with van der Waals surface area (Å²) in [5.74, 6) is -1.59. The van der Waals surface area contributed by atoms with Gasteiger partial charge in [-0.3, -0.25) is 14.4 Å². The highest BCUT2D eigenvalue weighted by molar-refractivity contribution is 5.94. The van der Waals surface area contributed by atoms with Crippen LogP contribution in [0.3, 0.4) is 0 Å². The molecule has 0 aliphatic heterocycles. The lowest BCUT2D eigenvalue weighted by Gasteiger charge is -2.24. The zero-order chi connectivity index (χ0) is 15.8. The van der Waals surface area contributed by atoms with E-state index in [-0.39, 0.29) is 37.4 Å². The maximum atomic E-state index is 11.9. The van der Waals surface area contributed by atoms with E-state index in [1.165, 1.54) is 4.90 Å². The molecule has 0 atom stereocenters. The summed E-state index contributed by atoms with van der Waals surface area (Å²) in [6, 6.07) is 8.50. The van der Waals surface area contributed by atoms with Crippen molar-refractivity contribution < 1.29 is 19.5 Å². The predicted octanol–water partition coefficient (Wildman–Crippen LogP) is 1.13. The Morgan fingerprint density at radius 3 is 2.33 bits per heavy atom. The Morgan fingerprint density at radius 1 is 1.19 bits per heavy atom. The van der Waals surface area contributed by atoms with Gasteiger partial charge in [-0.15, -0.1) is 0 Å². The summed E-state index contributed by atoms with van der Waals surface area (Å²) < 4.78 is 0. The van der Waals surface area contributed by atoms with Crippen molar-refractivity contribution in [2.75, 3.05) is 13.1 Å². The molecule has 2 amide bonds. The van der Waals surface area contributed by atoms with Crippen molar-refractivity contribution >= 4 is 17.8 Å². The normalized spacial score (nSPS) is 10.2. The first kappa shape index (κ1) is 16.7. The molecule has 0 unspecified atom stereocenters. The van der Waals surface area contributed by atoms with Gasteiger partial charge in [-0.05, 0) is 26.0 Å². The highest BCUT2D eigenvalue weighted by Gasteiger charge is 2.19. The number of hydrogen-bond donors (Lipinski definition) is 2. The summed E-state index contributed by atoms with van der Waals surface area (Å²) in [5.41, 5.74) is 0.524. The highest BCUT2D eigenvalue weighted by Crippen LogP contribution is 2.02. The Balaban J connectivity index is 2.45. The van der Waals surface area contributed by atoms with Crippen LogP contribution in [-0.2, 0) is 9.59 Å². The van der Waals surface area contributed by atoms with E-state index in [1.807, 2.05) is 6.07 Å². The number of aliphatic carboxylic acids is 1. The third-order valence-corrected chi connectivity index (χ3v) is 2.91. The van der Waals surface area contributed by atoms with Crippen molar-refractivity contribution in [2.24, 2.45) is 0 Å². The van der Waals surface area contributed by atoms with Gasteiger partial charge in [-0.2, -0.15) is 0 Å². The molecule has 0 heterocycles. The largest absolute Gasteiger partial charge is 0.480 e. The molecule has 0 aromatic heterocycles. The minimum absolute atomic E-state index is 0.0734. The highest BCUT2D eigenvalue weighted by atomic mass is 16.4. The molecule has 114 valence electrons. The number of carboxylic acids is 1. The molecule has 0 aliphatic carbocycles. The van der Waals surface area contributed by atoms with E-state index in [9.17, 15) is 14.4 Å². The fourth-order valence-corrected chi connectivity index (χ4v) is 1.82. The first-order valence-corrected chi connectivity index (χ1v) is 6.76. The number of amides is 2. The topological polar surface area (TPSA) is 86.7 Å². The van der Waals surface area contributed by atoms with Crippen molar-refractivity contribution in [2.45, 2.75) is 26.3 Å². The molecule has 0 aliphatic rings. The van der Waals surface area contributed by atoms with Crippen LogP contribution in [0, 0.1) is 0 Å². The molecule has 2 N–H and O–H groups in total. The third-order valence-electron chi connectivity index (χ3n) is 2.91. The number of carbonyl (C=O) groups is 3. The molecule has 6 nitrogen and oxygen atoms in total. The quantitative estimate of drug-likeness (QED) is 0.788. The average molecular weight is 292 g/mol. The van der Waals surface area contributed by atoms with E-state index in [0.29, 0.717) is 5.56 Å². The van der Waals surface area contributed by atoms with E-state index in [4.69, 9.17) is 5.11 Å². The van der Waals surface area contributed by atoms with Gasteiger partial charge in [-0.25, -0.2) is 0 Å². The van der Waals surface area contributed by atoms with Crippen LogP contribution in [0.25, 0.3) is 0 Å².